The zero-order valence-electron chi connectivity index (χ0n) is 10.5. The first kappa shape index (κ1) is 16.0. The van der Waals surface area contributed by atoms with Gasteiger partial charge in [0.15, 0.2) is 0 Å². The van der Waals surface area contributed by atoms with Crippen molar-refractivity contribution in [1.29, 1.82) is 5.26 Å². The lowest BCUT2D eigenvalue weighted by atomic mass is 10.1. The normalized spacial score (nSPS) is 22.9. The van der Waals surface area contributed by atoms with Crippen LogP contribution >= 0.6 is 23.2 Å². The minimum absolute atomic E-state index is 0.0423. The van der Waals surface area contributed by atoms with E-state index < -0.39 is 28.0 Å². The van der Waals surface area contributed by atoms with Crippen LogP contribution in [0.2, 0.25) is 10.0 Å². The smallest absolute Gasteiger partial charge is 0.322 e. The summed E-state index contributed by atoms with van der Waals surface area (Å²) in [6.07, 6.45) is -0.0423. The Bertz CT molecular complexity index is 709. The summed E-state index contributed by atoms with van der Waals surface area (Å²) in [6.45, 7) is -0.167. The van der Waals surface area contributed by atoms with Crippen LogP contribution in [0.3, 0.4) is 0 Å². The summed E-state index contributed by atoms with van der Waals surface area (Å²) in [6, 6.07) is 4.40. The van der Waals surface area contributed by atoms with E-state index in [2.05, 4.69) is 0 Å². The molecule has 1 aliphatic heterocycles. The molecule has 6 nitrogen and oxygen atoms in total. The van der Waals surface area contributed by atoms with Gasteiger partial charge >= 0.3 is 5.97 Å². The molecule has 1 fully saturated rings. The van der Waals surface area contributed by atoms with Gasteiger partial charge in [-0.2, -0.15) is 9.57 Å². The van der Waals surface area contributed by atoms with E-state index in [0.29, 0.717) is 0 Å². The molecule has 0 spiro atoms. The molecule has 1 heterocycles. The molecular formula is C12H10Cl2N2O4S. The van der Waals surface area contributed by atoms with E-state index in [1.54, 1.807) is 0 Å². The number of sulfonamides is 1. The van der Waals surface area contributed by atoms with E-state index in [-0.39, 0.29) is 27.9 Å². The molecule has 0 amide bonds. The number of carbonyl (C=O) groups is 1. The maximum absolute atomic E-state index is 12.6. The summed E-state index contributed by atoms with van der Waals surface area (Å²) in [4.78, 5) is 11.0. The Hall–Kier alpha value is -1.33. The Morgan fingerprint density at radius 3 is 2.38 bits per heavy atom. The highest BCUT2D eigenvalue weighted by molar-refractivity contribution is 7.89. The van der Waals surface area contributed by atoms with Crippen molar-refractivity contribution in [2.45, 2.75) is 17.4 Å². The van der Waals surface area contributed by atoms with Crippen molar-refractivity contribution in [2.24, 2.45) is 5.92 Å². The van der Waals surface area contributed by atoms with Crippen LogP contribution in [0, 0.1) is 17.2 Å². The first-order chi connectivity index (χ1) is 9.75. The van der Waals surface area contributed by atoms with Gasteiger partial charge in [0.05, 0.1) is 16.9 Å². The van der Waals surface area contributed by atoms with E-state index in [1.807, 2.05) is 6.07 Å². The van der Waals surface area contributed by atoms with Crippen LogP contribution < -0.4 is 0 Å². The molecule has 1 N–H and O–H groups in total. The molecule has 2 rings (SSSR count). The maximum Gasteiger partial charge on any atom is 0.322 e. The van der Waals surface area contributed by atoms with Crippen molar-refractivity contribution in [3.8, 4) is 6.07 Å². The zero-order valence-corrected chi connectivity index (χ0v) is 12.9. The summed E-state index contributed by atoms with van der Waals surface area (Å²) in [5.74, 6) is -1.94. The highest BCUT2D eigenvalue weighted by Crippen LogP contribution is 2.31. The Morgan fingerprint density at radius 2 is 1.90 bits per heavy atom. The van der Waals surface area contributed by atoms with E-state index in [4.69, 9.17) is 33.6 Å². The van der Waals surface area contributed by atoms with Gasteiger partial charge in [0.25, 0.3) is 0 Å². The standard InChI is InChI=1S/C12H10Cl2N2O4S/c13-8-2-9(14)4-10(3-8)21(19,20)16-6-7(5-15)1-11(16)12(17)18/h2-4,7,11H,1,6H2,(H,17,18)/t7-,11?/m0/s1. The largest absolute Gasteiger partial charge is 0.480 e. The third-order valence-corrected chi connectivity index (χ3v) is 5.45. The first-order valence-corrected chi connectivity index (χ1v) is 8.05. The fourth-order valence-corrected chi connectivity index (χ4v) is 4.57. The minimum Gasteiger partial charge on any atom is -0.480 e. The van der Waals surface area contributed by atoms with Gasteiger partial charge in [0.2, 0.25) is 10.0 Å². The van der Waals surface area contributed by atoms with Crippen LogP contribution in [0.5, 0.6) is 0 Å². The minimum atomic E-state index is -4.09. The Morgan fingerprint density at radius 1 is 1.33 bits per heavy atom. The van der Waals surface area contributed by atoms with Gasteiger partial charge in [0, 0.05) is 16.6 Å². The van der Waals surface area contributed by atoms with Gasteiger partial charge in [-0.3, -0.25) is 4.79 Å². The Labute approximate surface area is 131 Å². The first-order valence-electron chi connectivity index (χ1n) is 5.86. The monoisotopic (exact) mass is 348 g/mol. The highest BCUT2D eigenvalue weighted by atomic mass is 35.5. The Balaban J connectivity index is 2.47. The molecule has 0 saturated carbocycles. The topological polar surface area (TPSA) is 98.5 Å². The summed E-state index contributed by atoms with van der Waals surface area (Å²) in [7, 11) is -4.09. The lowest BCUT2D eigenvalue weighted by Gasteiger charge is -2.21. The number of carboxylic acid groups (broad SMARTS) is 1. The van der Waals surface area contributed by atoms with E-state index >= 15 is 0 Å². The van der Waals surface area contributed by atoms with Crippen molar-refractivity contribution in [3.63, 3.8) is 0 Å². The van der Waals surface area contributed by atoms with E-state index in [1.165, 1.54) is 18.2 Å². The number of nitriles is 1. The van der Waals surface area contributed by atoms with E-state index in [9.17, 15) is 13.2 Å². The van der Waals surface area contributed by atoms with E-state index in [0.717, 1.165) is 4.31 Å². The predicted molar refractivity (Wildman–Crippen MR) is 75.5 cm³/mol. The summed E-state index contributed by atoms with van der Waals surface area (Å²) >= 11 is 11.6. The third kappa shape index (κ3) is 3.14. The fourth-order valence-electron chi connectivity index (χ4n) is 2.20. The molecule has 9 heteroatoms. The lowest BCUT2D eigenvalue weighted by molar-refractivity contribution is -0.140. The lowest BCUT2D eigenvalue weighted by Crippen LogP contribution is -2.40. The molecule has 1 aromatic rings. The van der Waals surface area contributed by atoms with Crippen LogP contribution in [-0.4, -0.2) is 36.4 Å². The average molecular weight is 349 g/mol. The molecule has 0 radical (unpaired) electrons. The Kier molecular flexibility index (Phi) is 4.44. The summed E-state index contributed by atoms with van der Waals surface area (Å²) < 4.78 is 25.9. The highest BCUT2D eigenvalue weighted by Gasteiger charge is 2.44. The summed E-state index contributed by atoms with van der Waals surface area (Å²) in [5, 5.41) is 18.3. The molecule has 1 aromatic carbocycles. The number of carboxylic acids is 1. The maximum atomic E-state index is 12.6. The number of nitrogens with zero attached hydrogens (tertiary/aromatic N) is 2. The van der Waals surface area contributed by atoms with Crippen molar-refractivity contribution in [3.05, 3.63) is 28.2 Å². The van der Waals surface area contributed by atoms with Crippen molar-refractivity contribution < 1.29 is 18.3 Å². The second kappa shape index (κ2) is 5.81. The van der Waals surface area contributed by atoms with Crippen LogP contribution in [0.1, 0.15) is 6.42 Å². The summed E-state index contributed by atoms with van der Waals surface area (Å²) in [5.41, 5.74) is 0. The second-order valence-electron chi connectivity index (χ2n) is 4.60. The number of hydrogen-bond acceptors (Lipinski definition) is 4. The van der Waals surface area contributed by atoms with Gasteiger partial charge in [0.1, 0.15) is 6.04 Å². The molecule has 112 valence electrons. The molecular weight excluding hydrogens is 339 g/mol. The molecule has 0 aromatic heterocycles. The van der Waals surface area contributed by atoms with Crippen molar-refractivity contribution in [2.75, 3.05) is 6.54 Å². The zero-order chi connectivity index (χ0) is 15.8. The fraction of sp³-hybridized carbons (Fsp3) is 0.333. The van der Waals surface area contributed by atoms with Crippen molar-refractivity contribution in [1.82, 2.24) is 4.31 Å². The predicted octanol–water partition coefficient (Wildman–Crippen LogP) is 1.98. The number of halogens is 2. The third-order valence-electron chi connectivity index (χ3n) is 3.17. The van der Waals surface area contributed by atoms with Crippen LogP contribution in [-0.2, 0) is 14.8 Å². The molecule has 1 unspecified atom stereocenters. The molecule has 1 saturated heterocycles. The van der Waals surface area contributed by atoms with Crippen LogP contribution in [0.4, 0.5) is 0 Å². The molecule has 1 aliphatic rings. The second-order valence-corrected chi connectivity index (χ2v) is 7.36. The average Bonchev–Trinajstić information content (AvgIpc) is 2.82. The van der Waals surface area contributed by atoms with Gasteiger partial charge in [-0.1, -0.05) is 23.2 Å². The quantitative estimate of drug-likeness (QED) is 0.900. The van der Waals surface area contributed by atoms with Crippen LogP contribution in [0.25, 0.3) is 0 Å². The van der Waals surface area contributed by atoms with Crippen LogP contribution in [0.15, 0.2) is 23.1 Å². The number of hydrogen-bond donors (Lipinski definition) is 1. The number of benzene rings is 1. The van der Waals surface area contributed by atoms with Gasteiger partial charge in [-0.15, -0.1) is 0 Å². The molecule has 21 heavy (non-hydrogen) atoms. The SMILES string of the molecule is N#C[C@@H]1CC(C(=O)O)N(S(=O)(=O)c2cc(Cl)cc(Cl)c2)C1. The molecule has 0 aliphatic carbocycles. The van der Waals surface area contributed by atoms with Gasteiger partial charge in [-0.05, 0) is 24.6 Å². The van der Waals surface area contributed by atoms with Gasteiger partial charge in [-0.25, -0.2) is 8.42 Å². The molecule has 0 bridgehead atoms. The number of rotatable bonds is 3. The number of aliphatic carboxylic acids is 1. The van der Waals surface area contributed by atoms with Gasteiger partial charge < -0.3 is 5.11 Å². The van der Waals surface area contributed by atoms with Crippen molar-refractivity contribution >= 4 is 39.2 Å². The molecule has 2 atom stereocenters.